The number of methoxy groups -OCH3 is 2. The van der Waals surface area contributed by atoms with Gasteiger partial charge >= 0.3 is 10.1 Å². The minimum absolute atomic E-state index is 0.0220. The van der Waals surface area contributed by atoms with Gasteiger partial charge in [-0.15, -0.1) is 0 Å². The molecule has 9 nitrogen and oxygen atoms in total. The number of nitrogens with zero attached hydrogens (tertiary/aromatic N) is 1. The first-order valence-corrected chi connectivity index (χ1v) is 12.4. The van der Waals surface area contributed by atoms with Crippen molar-refractivity contribution >= 4 is 27.6 Å². The maximum absolute atomic E-state index is 12.9. The lowest BCUT2D eigenvalue weighted by molar-refractivity contribution is -0.139. The number of carbonyl (C=O) groups excluding carboxylic acids is 2. The minimum Gasteiger partial charge on any atom is -0.493 e. The van der Waals surface area contributed by atoms with Crippen LogP contribution in [-0.4, -0.2) is 52.5 Å². The van der Waals surface area contributed by atoms with Gasteiger partial charge in [0.25, 0.3) is 0 Å². The smallest absolute Gasteiger partial charge is 0.339 e. The van der Waals surface area contributed by atoms with Gasteiger partial charge < -0.3 is 23.9 Å². The molecule has 0 atom stereocenters. The van der Waals surface area contributed by atoms with Crippen LogP contribution in [0.1, 0.15) is 31.7 Å². The zero-order valence-corrected chi connectivity index (χ0v) is 20.4. The number of amides is 2. The van der Waals surface area contributed by atoms with Gasteiger partial charge in [0.2, 0.25) is 11.8 Å². The Kier molecular flexibility index (Phi) is 8.51. The summed E-state index contributed by atoms with van der Waals surface area (Å²) in [6, 6.07) is 10.6. The molecule has 2 aromatic carbocycles. The molecule has 184 valence electrons. The number of nitrogens with one attached hydrogen (secondary N) is 1. The van der Waals surface area contributed by atoms with Crippen molar-refractivity contribution in [1.29, 1.82) is 0 Å². The van der Waals surface area contributed by atoms with Crippen molar-refractivity contribution in [1.82, 2.24) is 4.90 Å². The summed E-state index contributed by atoms with van der Waals surface area (Å²) in [6.45, 7) is 2.50. The number of hydrogen-bond acceptors (Lipinski definition) is 7. The van der Waals surface area contributed by atoms with Crippen LogP contribution < -0.4 is 14.2 Å². The lowest BCUT2D eigenvalue weighted by atomic mass is 9.84. The fourth-order valence-electron chi connectivity index (χ4n) is 3.56. The predicted molar refractivity (Wildman–Crippen MR) is 126 cm³/mol. The number of hydrogen-bond donors (Lipinski definition) is 1. The summed E-state index contributed by atoms with van der Waals surface area (Å²) in [5.41, 5.74) is 1.18. The van der Waals surface area contributed by atoms with E-state index in [1.54, 1.807) is 30.2 Å². The van der Waals surface area contributed by atoms with Gasteiger partial charge in [0, 0.05) is 38.7 Å². The molecule has 0 aliphatic heterocycles. The van der Waals surface area contributed by atoms with Crippen molar-refractivity contribution < 1.29 is 31.7 Å². The third-order valence-corrected chi connectivity index (χ3v) is 6.84. The highest BCUT2D eigenvalue weighted by Gasteiger charge is 2.29. The molecule has 1 saturated carbocycles. The van der Waals surface area contributed by atoms with Crippen LogP contribution in [0, 0.1) is 5.92 Å². The van der Waals surface area contributed by atoms with Crippen LogP contribution in [0.3, 0.4) is 0 Å². The van der Waals surface area contributed by atoms with Gasteiger partial charge in [-0.2, -0.15) is 8.42 Å². The average Bonchev–Trinajstić information content (AvgIpc) is 2.75. The van der Waals surface area contributed by atoms with Gasteiger partial charge in [-0.25, -0.2) is 0 Å². The van der Waals surface area contributed by atoms with Crippen LogP contribution in [0.25, 0.3) is 0 Å². The number of anilines is 1. The Balaban J connectivity index is 1.81. The summed E-state index contributed by atoms with van der Waals surface area (Å²) in [6.07, 6.45) is 2.83. The van der Waals surface area contributed by atoms with Crippen LogP contribution >= 0.6 is 0 Å². The highest BCUT2D eigenvalue weighted by Crippen LogP contribution is 2.33. The fourth-order valence-corrected chi connectivity index (χ4v) is 4.49. The first-order valence-electron chi connectivity index (χ1n) is 11.0. The average molecular weight is 491 g/mol. The molecule has 2 aromatic rings. The standard InChI is InChI=1S/C24H30N2O7S/c1-17(27)25-20-8-10-21(11-9-20)34(29,30)33-23-15-18(7-12-22(23)32-3)16-26(13-14-31-2)24(28)19-5-4-6-19/h7-12,15,19H,4-6,13-14,16H2,1-3H3,(H,25,27). The van der Waals surface area contributed by atoms with Crippen molar-refractivity contribution in [2.24, 2.45) is 5.92 Å². The molecule has 1 aliphatic carbocycles. The second-order valence-electron chi connectivity index (χ2n) is 8.11. The maximum Gasteiger partial charge on any atom is 0.339 e. The van der Waals surface area contributed by atoms with E-state index >= 15 is 0 Å². The molecule has 1 fully saturated rings. The van der Waals surface area contributed by atoms with Crippen molar-refractivity contribution in [3.63, 3.8) is 0 Å². The Morgan fingerprint density at radius 2 is 1.76 bits per heavy atom. The molecular formula is C24H30N2O7S. The second kappa shape index (κ2) is 11.3. The molecule has 10 heteroatoms. The Hall–Kier alpha value is -3.11. The zero-order valence-electron chi connectivity index (χ0n) is 19.6. The van der Waals surface area contributed by atoms with Crippen LogP contribution in [0.15, 0.2) is 47.4 Å². The van der Waals surface area contributed by atoms with Crippen LogP contribution in [-0.2, 0) is 31.0 Å². The Labute approximate surface area is 200 Å². The molecule has 3 rings (SSSR count). The first kappa shape index (κ1) is 25.5. The normalized spacial score (nSPS) is 13.6. The lowest BCUT2D eigenvalue weighted by Gasteiger charge is -2.31. The highest BCUT2D eigenvalue weighted by atomic mass is 32.2. The number of benzene rings is 2. The molecule has 1 N–H and O–H groups in total. The predicted octanol–water partition coefficient (Wildman–Crippen LogP) is 3.20. The van der Waals surface area contributed by atoms with E-state index in [1.165, 1.54) is 38.3 Å². The second-order valence-corrected chi connectivity index (χ2v) is 9.65. The molecule has 0 heterocycles. The number of rotatable bonds is 11. The molecule has 0 bridgehead atoms. The molecule has 2 amide bonds. The van der Waals surface area contributed by atoms with Gasteiger partial charge in [-0.05, 0) is 54.8 Å². The first-order chi connectivity index (χ1) is 16.2. The summed E-state index contributed by atoms with van der Waals surface area (Å²) in [4.78, 5) is 25.7. The third-order valence-electron chi connectivity index (χ3n) is 5.60. The van der Waals surface area contributed by atoms with E-state index in [0.717, 1.165) is 19.3 Å². The van der Waals surface area contributed by atoms with E-state index in [1.807, 2.05) is 0 Å². The van der Waals surface area contributed by atoms with Crippen molar-refractivity contribution in [2.45, 2.75) is 37.6 Å². The minimum atomic E-state index is -4.17. The summed E-state index contributed by atoms with van der Waals surface area (Å²) in [5.74, 6) is 0.119. The van der Waals surface area contributed by atoms with Crippen molar-refractivity contribution in [2.75, 3.05) is 32.7 Å². The van der Waals surface area contributed by atoms with E-state index in [-0.39, 0.29) is 34.1 Å². The monoisotopic (exact) mass is 490 g/mol. The zero-order chi connectivity index (χ0) is 24.7. The van der Waals surface area contributed by atoms with E-state index < -0.39 is 10.1 Å². The summed E-state index contributed by atoms with van der Waals surface area (Å²) in [5, 5.41) is 2.58. The van der Waals surface area contributed by atoms with Gasteiger partial charge in [-0.3, -0.25) is 9.59 Å². The summed E-state index contributed by atoms with van der Waals surface area (Å²) in [7, 11) is -1.17. The van der Waals surface area contributed by atoms with Gasteiger partial charge in [0.1, 0.15) is 4.90 Å². The third kappa shape index (κ3) is 6.48. The molecule has 34 heavy (non-hydrogen) atoms. The quantitative estimate of drug-likeness (QED) is 0.482. The molecule has 0 unspecified atom stereocenters. The van der Waals surface area contributed by atoms with E-state index in [9.17, 15) is 18.0 Å². The summed E-state index contributed by atoms with van der Waals surface area (Å²) < 4.78 is 41.6. The largest absolute Gasteiger partial charge is 0.493 e. The summed E-state index contributed by atoms with van der Waals surface area (Å²) >= 11 is 0. The molecule has 1 aliphatic rings. The Morgan fingerprint density at radius 1 is 1.06 bits per heavy atom. The van der Waals surface area contributed by atoms with Gasteiger partial charge in [0.15, 0.2) is 11.5 Å². The Bertz CT molecular complexity index is 1110. The topological polar surface area (TPSA) is 111 Å². The fraction of sp³-hybridized carbons (Fsp3) is 0.417. The van der Waals surface area contributed by atoms with E-state index in [0.29, 0.717) is 30.9 Å². The molecule has 0 spiro atoms. The number of carbonyl (C=O) groups is 2. The van der Waals surface area contributed by atoms with Gasteiger partial charge in [0.05, 0.1) is 13.7 Å². The van der Waals surface area contributed by atoms with Crippen LogP contribution in [0.4, 0.5) is 5.69 Å². The van der Waals surface area contributed by atoms with Crippen molar-refractivity contribution in [3.05, 3.63) is 48.0 Å². The highest BCUT2D eigenvalue weighted by molar-refractivity contribution is 7.87. The van der Waals surface area contributed by atoms with E-state index in [4.69, 9.17) is 13.7 Å². The Morgan fingerprint density at radius 3 is 2.32 bits per heavy atom. The van der Waals surface area contributed by atoms with Crippen LogP contribution in [0.5, 0.6) is 11.5 Å². The van der Waals surface area contributed by atoms with E-state index in [2.05, 4.69) is 5.32 Å². The molecular weight excluding hydrogens is 460 g/mol. The van der Waals surface area contributed by atoms with Gasteiger partial charge in [-0.1, -0.05) is 12.5 Å². The number of ether oxygens (including phenoxy) is 2. The van der Waals surface area contributed by atoms with Crippen molar-refractivity contribution in [3.8, 4) is 11.5 Å². The molecule has 0 radical (unpaired) electrons. The van der Waals surface area contributed by atoms with Crippen LogP contribution in [0.2, 0.25) is 0 Å². The lowest BCUT2D eigenvalue weighted by Crippen LogP contribution is -2.40. The molecule has 0 aromatic heterocycles. The SMILES string of the molecule is COCCN(Cc1ccc(OC)c(OS(=O)(=O)c2ccc(NC(C)=O)cc2)c1)C(=O)C1CCC1. The molecule has 0 saturated heterocycles. The maximum atomic E-state index is 12.9.